The van der Waals surface area contributed by atoms with Crippen molar-refractivity contribution in [3.8, 4) is 0 Å². The van der Waals surface area contributed by atoms with Crippen molar-refractivity contribution in [2.24, 2.45) is 0 Å². The molecule has 0 aromatic carbocycles. The lowest BCUT2D eigenvalue weighted by atomic mass is 10.1. The number of hydrogen-bond acceptors (Lipinski definition) is 5. The van der Waals surface area contributed by atoms with E-state index < -0.39 is 6.10 Å². The zero-order chi connectivity index (χ0) is 32.2. The minimum Gasteiger partial charge on any atom is -0.462 e. The molecule has 0 heterocycles. The first kappa shape index (κ1) is 41.3. The number of aliphatic hydroxyl groups is 1. The maximum atomic E-state index is 12.1. The number of unbranched alkanes of at least 4 members (excludes halogenated alkanes) is 10. The Kier molecular flexibility index (Phi) is 32.7. The van der Waals surface area contributed by atoms with Crippen molar-refractivity contribution in [1.82, 2.24) is 0 Å². The molecule has 0 aromatic rings. The quantitative estimate of drug-likeness (QED) is 0.0496. The summed E-state index contributed by atoms with van der Waals surface area (Å²) in [5.41, 5.74) is 0. The maximum absolute atomic E-state index is 12.1. The Bertz CT molecular complexity index is 833. The fraction of sp³-hybridized carbons (Fsp3) is 0.641. The summed E-state index contributed by atoms with van der Waals surface area (Å²) in [4.78, 5) is 24.1. The van der Waals surface area contributed by atoms with Gasteiger partial charge in [-0.05, 0) is 77.0 Å². The molecule has 0 radical (unpaired) electrons. The van der Waals surface area contributed by atoms with Crippen LogP contribution in [0.5, 0.6) is 0 Å². The largest absolute Gasteiger partial charge is 0.462 e. The molecule has 5 heteroatoms. The van der Waals surface area contributed by atoms with Crippen LogP contribution in [0, 0.1) is 0 Å². The summed E-state index contributed by atoms with van der Waals surface area (Å²) < 4.78 is 10.5. The van der Waals surface area contributed by atoms with Crippen molar-refractivity contribution in [2.75, 3.05) is 13.2 Å². The zero-order valence-electron chi connectivity index (χ0n) is 28.1. The monoisotopic (exact) mass is 612 g/mol. The van der Waals surface area contributed by atoms with E-state index in [4.69, 9.17) is 9.47 Å². The van der Waals surface area contributed by atoms with E-state index in [0.717, 1.165) is 64.2 Å². The molecule has 0 fully saturated rings. The van der Waals surface area contributed by atoms with Gasteiger partial charge in [0, 0.05) is 12.8 Å². The van der Waals surface area contributed by atoms with Crippen LogP contribution in [-0.2, 0) is 19.1 Å². The molecule has 250 valence electrons. The van der Waals surface area contributed by atoms with Gasteiger partial charge in [0.15, 0.2) is 6.10 Å². The van der Waals surface area contributed by atoms with Gasteiger partial charge in [0.2, 0.25) is 0 Å². The molecule has 1 N–H and O–H groups in total. The van der Waals surface area contributed by atoms with E-state index in [1.807, 2.05) is 0 Å². The summed E-state index contributed by atoms with van der Waals surface area (Å²) in [6, 6.07) is 0. The van der Waals surface area contributed by atoms with Crippen LogP contribution in [0.1, 0.15) is 142 Å². The van der Waals surface area contributed by atoms with Crippen LogP contribution in [0.3, 0.4) is 0 Å². The molecule has 0 rings (SSSR count). The Balaban J connectivity index is 3.73. The molecule has 5 nitrogen and oxygen atoms in total. The lowest BCUT2D eigenvalue weighted by Gasteiger charge is -2.15. The molecular formula is C39H64O5. The van der Waals surface area contributed by atoms with E-state index in [1.54, 1.807) is 0 Å². The van der Waals surface area contributed by atoms with Gasteiger partial charge in [-0.15, -0.1) is 0 Å². The average Bonchev–Trinajstić information content (AvgIpc) is 3.02. The van der Waals surface area contributed by atoms with Crippen molar-refractivity contribution in [2.45, 2.75) is 148 Å². The number of esters is 2. The molecule has 0 aromatic heterocycles. The molecule has 0 aliphatic carbocycles. The van der Waals surface area contributed by atoms with Gasteiger partial charge in [0.25, 0.3) is 0 Å². The summed E-state index contributed by atoms with van der Waals surface area (Å²) in [5.74, 6) is -0.678. The molecule has 0 amide bonds. The Labute approximate surface area is 270 Å². The Hall–Kier alpha value is -2.66. The minimum absolute atomic E-state index is 0.102. The van der Waals surface area contributed by atoms with Gasteiger partial charge in [-0.2, -0.15) is 0 Å². The van der Waals surface area contributed by atoms with Crippen LogP contribution in [0.2, 0.25) is 0 Å². The summed E-state index contributed by atoms with van der Waals surface area (Å²) in [7, 11) is 0. The van der Waals surface area contributed by atoms with Gasteiger partial charge >= 0.3 is 11.9 Å². The fourth-order valence-corrected chi connectivity index (χ4v) is 4.35. The smallest absolute Gasteiger partial charge is 0.306 e. The van der Waals surface area contributed by atoms with E-state index in [2.05, 4.69) is 86.8 Å². The van der Waals surface area contributed by atoms with E-state index in [-0.39, 0.29) is 25.2 Å². The fourth-order valence-electron chi connectivity index (χ4n) is 4.35. The lowest BCUT2D eigenvalue weighted by molar-refractivity contribution is -0.161. The van der Waals surface area contributed by atoms with Gasteiger partial charge in [0.05, 0.1) is 6.61 Å². The Morgan fingerprint density at radius 2 is 1.00 bits per heavy atom. The standard InChI is InChI=1S/C39H64O5/c1-3-5-7-9-11-13-15-17-18-19-20-22-23-25-27-29-31-33-38(41)43-36-37(35-40)44-39(42)34-32-30-28-26-24-21-16-14-12-10-8-6-4-2/h5,7,11,13-14,16-18,20,22,25,27,37,40H,3-4,6,8-10,12,15,19,21,23-24,26,28-36H2,1-2H3/b7-5-,13-11-,16-14-,18-17-,22-20-,27-25-/t37-/m0/s1. The summed E-state index contributed by atoms with van der Waals surface area (Å²) in [6.07, 6.45) is 45.3. The van der Waals surface area contributed by atoms with Crippen molar-refractivity contribution in [3.05, 3.63) is 72.9 Å². The number of carbonyl (C=O) groups is 2. The molecule has 0 aliphatic heterocycles. The van der Waals surface area contributed by atoms with Crippen molar-refractivity contribution < 1.29 is 24.2 Å². The van der Waals surface area contributed by atoms with Crippen LogP contribution in [0.25, 0.3) is 0 Å². The van der Waals surface area contributed by atoms with Gasteiger partial charge in [0.1, 0.15) is 6.61 Å². The highest BCUT2D eigenvalue weighted by Gasteiger charge is 2.15. The summed E-state index contributed by atoms with van der Waals surface area (Å²) >= 11 is 0. The van der Waals surface area contributed by atoms with Crippen molar-refractivity contribution >= 4 is 11.9 Å². The first-order chi connectivity index (χ1) is 21.6. The first-order valence-corrected chi connectivity index (χ1v) is 17.5. The lowest BCUT2D eigenvalue weighted by Crippen LogP contribution is -2.28. The SMILES string of the molecule is CC/C=C\C/C=C\C/C=C\C/C=C\C/C=C\CCCC(=O)OC[C@H](CO)OC(=O)CCCCCCC/C=C\CCCCCC. The number of ether oxygens (including phenoxy) is 2. The normalized spacial score (nSPS) is 13.1. The third-order valence-corrected chi connectivity index (χ3v) is 6.98. The van der Waals surface area contributed by atoms with Crippen LogP contribution in [0.4, 0.5) is 0 Å². The van der Waals surface area contributed by atoms with Crippen LogP contribution < -0.4 is 0 Å². The van der Waals surface area contributed by atoms with Crippen molar-refractivity contribution in [3.63, 3.8) is 0 Å². The predicted octanol–water partition coefficient (Wildman–Crippen LogP) is 10.6. The Morgan fingerprint density at radius 1 is 0.545 bits per heavy atom. The van der Waals surface area contributed by atoms with Gasteiger partial charge in [-0.25, -0.2) is 0 Å². The second-order valence-electron chi connectivity index (χ2n) is 11.2. The molecular weight excluding hydrogens is 548 g/mol. The minimum atomic E-state index is -0.800. The molecule has 1 atom stereocenters. The van der Waals surface area contributed by atoms with E-state index in [0.29, 0.717) is 19.3 Å². The molecule has 0 spiro atoms. The maximum Gasteiger partial charge on any atom is 0.306 e. The summed E-state index contributed by atoms with van der Waals surface area (Å²) in [6.45, 7) is 3.92. The van der Waals surface area contributed by atoms with Gasteiger partial charge in [-0.1, -0.05) is 125 Å². The highest BCUT2D eigenvalue weighted by Crippen LogP contribution is 2.10. The van der Waals surface area contributed by atoms with E-state index in [1.165, 1.54) is 44.9 Å². The third kappa shape index (κ3) is 32.3. The van der Waals surface area contributed by atoms with Gasteiger partial charge < -0.3 is 14.6 Å². The van der Waals surface area contributed by atoms with Crippen LogP contribution in [0.15, 0.2) is 72.9 Å². The molecule has 0 unspecified atom stereocenters. The summed E-state index contributed by atoms with van der Waals surface area (Å²) in [5, 5.41) is 9.51. The molecule has 0 saturated heterocycles. The van der Waals surface area contributed by atoms with Crippen molar-refractivity contribution in [1.29, 1.82) is 0 Å². The number of carbonyl (C=O) groups excluding carboxylic acids is 2. The molecule has 44 heavy (non-hydrogen) atoms. The average molecular weight is 613 g/mol. The topological polar surface area (TPSA) is 72.8 Å². The zero-order valence-corrected chi connectivity index (χ0v) is 28.1. The van der Waals surface area contributed by atoms with Gasteiger partial charge in [-0.3, -0.25) is 9.59 Å². The highest BCUT2D eigenvalue weighted by molar-refractivity contribution is 5.70. The molecule has 0 saturated carbocycles. The first-order valence-electron chi connectivity index (χ1n) is 17.5. The number of hydrogen-bond donors (Lipinski definition) is 1. The number of allylic oxidation sites excluding steroid dienone is 12. The number of rotatable bonds is 30. The Morgan fingerprint density at radius 3 is 1.57 bits per heavy atom. The van der Waals surface area contributed by atoms with Crippen LogP contribution >= 0.6 is 0 Å². The second kappa shape index (κ2) is 34.8. The number of aliphatic hydroxyl groups excluding tert-OH is 1. The van der Waals surface area contributed by atoms with E-state index >= 15 is 0 Å². The highest BCUT2D eigenvalue weighted by atomic mass is 16.6. The van der Waals surface area contributed by atoms with Crippen LogP contribution in [-0.4, -0.2) is 36.4 Å². The third-order valence-electron chi connectivity index (χ3n) is 6.98. The molecule has 0 aliphatic rings. The second-order valence-corrected chi connectivity index (χ2v) is 11.2. The van der Waals surface area contributed by atoms with E-state index in [9.17, 15) is 14.7 Å². The molecule has 0 bridgehead atoms. The predicted molar refractivity (Wildman–Crippen MR) is 186 cm³/mol.